The van der Waals surface area contributed by atoms with Crippen molar-refractivity contribution >= 4 is 18.7 Å². The zero-order valence-electron chi connectivity index (χ0n) is 10.5. The van der Waals surface area contributed by atoms with E-state index in [2.05, 4.69) is 17.9 Å². The van der Waals surface area contributed by atoms with Gasteiger partial charge in [-0.2, -0.15) is 12.6 Å². The predicted octanol–water partition coefficient (Wildman–Crippen LogP) is 2.22. The Balaban J connectivity index is 4.08. The Kier molecular flexibility index (Phi) is 3.80. The normalized spacial score (nSPS) is 20.7. The molecule has 0 aliphatic rings. The van der Waals surface area contributed by atoms with E-state index in [1.807, 2.05) is 0 Å². The molecular weight excluding hydrogens is 186 g/mol. The molecule has 78 valence electrons. The van der Waals surface area contributed by atoms with Crippen molar-refractivity contribution in [2.24, 2.45) is 0 Å². The SMILES string of the molecule is [2H][C@@H]([C@@H]([2H])S)[C@@H](C)NC(=O)OC(C)(C)C. The Morgan fingerprint density at radius 1 is 1.69 bits per heavy atom. The highest BCUT2D eigenvalue weighted by atomic mass is 32.1. The van der Waals surface area contributed by atoms with Crippen LogP contribution in [0.2, 0.25) is 0 Å². The summed E-state index contributed by atoms with van der Waals surface area (Å²) < 4.78 is 19.8. The van der Waals surface area contributed by atoms with Gasteiger partial charge in [-0.25, -0.2) is 4.79 Å². The van der Waals surface area contributed by atoms with E-state index in [1.165, 1.54) is 0 Å². The molecule has 3 nitrogen and oxygen atoms in total. The van der Waals surface area contributed by atoms with Gasteiger partial charge in [-0.1, -0.05) is 0 Å². The van der Waals surface area contributed by atoms with Gasteiger partial charge in [-0.15, -0.1) is 0 Å². The minimum atomic E-state index is -0.838. The lowest BCUT2D eigenvalue weighted by Gasteiger charge is -2.21. The van der Waals surface area contributed by atoms with Gasteiger partial charge in [-0.3, -0.25) is 0 Å². The van der Waals surface area contributed by atoms with Crippen molar-refractivity contribution in [2.45, 2.75) is 45.7 Å². The van der Waals surface area contributed by atoms with Crippen molar-refractivity contribution in [2.75, 3.05) is 5.73 Å². The van der Waals surface area contributed by atoms with Crippen LogP contribution in [0.5, 0.6) is 0 Å². The fourth-order valence-electron chi connectivity index (χ4n) is 0.671. The van der Waals surface area contributed by atoms with Gasteiger partial charge in [0.15, 0.2) is 0 Å². The van der Waals surface area contributed by atoms with Crippen LogP contribution in [0.15, 0.2) is 0 Å². The highest BCUT2D eigenvalue weighted by Crippen LogP contribution is 2.07. The Morgan fingerprint density at radius 3 is 2.62 bits per heavy atom. The summed E-state index contributed by atoms with van der Waals surface area (Å²) in [4.78, 5) is 11.3. The summed E-state index contributed by atoms with van der Waals surface area (Å²) >= 11 is 3.83. The highest BCUT2D eigenvalue weighted by Gasteiger charge is 2.17. The summed E-state index contributed by atoms with van der Waals surface area (Å²) in [7, 11) is 0. The molecule has 0 saturated carbocycles. The molecule has 1 amide bonds. The number of alkyl carbamates (subject to hydrolysis) is 1. The van der Waals surface area contributed by atoms with Gasteiger partial charge in [0.05, 0.1) is 0 Å². The summed E-state index contributed by atoms with van der Waals surface area (Å²) in [6.45, 7) is 6.95. The third-order valence-corrected chi connectivity index (χ3v) is 1.29. The smallest absolute Gasteiger partial charge is 0.407 e. The van der Waals surface area contributed by atoms with Crippen LogP contribution in [0, 0.1) is 0 Å². The number of amides is 1. The first-order chi connectivity index (χ1) is 6.63. The Labute approximate surface area is 88.4 Å². The zero-order valence-corrected chi connectivity index (χ0v) is 9.39. The van der Waals surface area contributed by atoms with E-state index < -0.39 is 29.9 Å². The quantitative estimate of drug-likeness (QED) is 0.696. The molecule has 0 radical (unpaired) electrons. The van der Waals surface area contributed by atoms with Crippen LogP contribution in [0.25, 0.3) is 0 Å². The minimum absolute atomic E-state index is 0.458. The minimum Gasteiger partial charge on any atom is -0.444 e. The number of carbonyl (C=O) groups is 1. The Hall–Kier alpha value is -0.380. The van der Waals surface area contributed by atoms with Gasteiger partial charge in [0.25, 0.3) is 0 Å². The number of nitrogens with one attached hydrogen (secondary N) is 1. The van der Waals surface area contributed by atoms with Gasteiger partial charge in [0.1, 0.15) is 5.60 Å². The van der Waals surface area contributed by atoms with Gasteiger partial charge >= 0.3 is 6.09 Å². The van der Waals surface area contributed by atoms with Gasteiger partial charge < -0.3 is 10.1 Å². The second-order valence-electron chi connectivity index (χ2n) is 3.78. The van der Waals surface area contributed by atoms with Gasteiger partial charge in [0, 0.05) is 8.78 Å². The molecule has 0 rings (SSSR count). The third kappa shape index (κ3) is 7.96. The molecule has 0 aliphatic heterocycles. The lowest BCUT2D eigenvalue weighted by Crippen LogP contribution is -2.37. The summed E-state index contributed by atoms with van der Waals surface area (Å²) in [5.74, 6) is 0. The molecule has 0 heterocycles. The second-order valence-corrected chi connectivity index (χ2v) is 4.07. The lowest BCUT2D eigenvalue weighted by molar-refractivity contribution is 0.0508. The number of thiol groups is 1. The van der Waals surface area contributed by atoms with E-state index in [4.69, 9.17) is 7.48 Å². The maximum Gasteiger partial charge on any atom is 0.407 e. The van der Waals surface area contributed by atoms with E-state index in [0.717, 1.165) is 0 Å². The molecule has 0 aromatic rings. The number of hydrogen-bond acceptors (Lipinski definition) is 3. The first-order valence-corrected chi connectivity index (χ1v) is 4.67. The molecule has 4 heteroatoms. The van der Waals surface area contributed by atoms with Crippen LogP contribution in [-0.4, -0.2) is 23.5 Å². The number of hydrogen-bond donors (Lipinski definition) is 2. The summed E-state index contributed by atoms with van der Waals surface area (Å²) in [6.07, 6.45) is -1.35. The molecular formula is C9H19NO2S. The topological polar surface area (TPSA) is 38.3 Å². The monoisotopic (exact) mass is 207 g/mol. The fraction of sp³-hybridized carbons (Fsp3) is 0.889. The third-order valence-electron chi connectivity index (χ3n) is 1.12. The molecule has 0 aromatic heterocycles. The highest BCUT2D eigenvalue weighted by molar-refractivity contribution is 7.80. The second kappa shape index (κ2) is 5.37. The van der Waals surface area contributed by atoms with Crippen LogP contribution < -0.4 is 5.32 Å². The number of rotatable bonds is 3. The molecule has 0 aliphatic carbocycles. The van der Waals surface area contributed by atoms with E-state index >= 15 is 0 Å². The number of ether oxygens (including phenoxy) is 1. The van der Waals surface area contributed by atoms with E-state index in [0.29, 0.717) is 0 Å². The van der Waals surface area contributed by atoms with E-state index in [1.54, 1.807) is 27.7 Å². The van der Waals surface area contributed by atoms with Crippen molar-refractivity contribution in [3.05, 3.63) is 0 Å². The first-order valence-electron chi connectivity index (χ1n) is 5.31. The maximum atomic E-state index is 11.3. The van der Waals surface area contributed by atoms with E-state index in [9.17, 15) is 4.79 Å². The molecule has 13 heavy (non-hydrogen) atoms. The zero-order chi connectivity index (χ0) is 12.2. The van der Waals surface area contributed by atoms with Crippen LogP contribution in [0.3, 0.4) is 0 Å². The van der Waals surface area contributed by atoms with Crippen molar-refractivity contribution in [3.63, 3.8) is 0 Å². The molecule has 0 aromatic carbocycles. The van der Waals surface area contributed by atoms with Crippen LogP contribution in [0.1, 0.15) is 36.8 Å². The summed E-state index contributed by atoms with van der Waals surface area (Å²) in [5, 5.41) is 2.50. The molecule has 0 unspecified atom stereocenters. The first kappa shape index (κ1) is 9.19. The fourth-order valence-corrected chi connectivity index (χ4v) is 0.929. The van der Waals surface area contributed by atoms with Crippen LogP contribution in [-0.2, 0) is 4.74 Å². The average Bonchev–Trinajstić information content (AvgIpc) is 1.98. The molecule has 0 saturated heterocycles. The molecule has 0 bridgehead atoms. The van der Waals surface area contributed by atoms with Crippen molar-refractivity contribution < 1.29 is 12.3 Å². The molecule has 0 fully saturated rings. The maximum absolute atomic E-state index is 11.3. The van der Waals surface area contributed by atoms with Crippen LogP contribution in [0.4, 0.5) is 4.79 Å². The standard InChI is InChI=1S/C9H19NO2S/c1-7(5-6-13)10-8(11)12-9(2,3)4/h7,13H,5-6H2,1-4H3,(H,10,11)/t7-/m1/s1/i5D,6D/t5-,6+,7+/m0. The van der Waals surface area contributed by atoms with Crippen molar-refractivity contribution in [1.82, 2.24) is 5.32 Å². The van der Waals surface area contributed by atoms with E-state index in [-0.39, 0.29) is 0 Å². The number of carbonyl (C=O) groups excluding carboxylic acids is 1. The lowest BCUT2D eigenvalue weighted by atomic mass is 10.2. The predicted molar refractivity (Wildman–Crippen MR) is 57.3 cm³/mol. The Morgan fingerprint density at radius 2 is 2.23 bits per heavy atom. The molecule has 0 spiro atoms. The molecule has 1 N–H and O–H groups in total. The van der Waals surface area contributed by atoms with Gasteiger partial charge in [-0.05, 0) is 39.8 Å². The summed E-state index contributed by atoms with van der Waals surface area (Å²) in [5.41, 5.74) is -1.39. The average molecular weight is 207 g/mol. The van der Waals surface area contributed by atoms with Crippen molar-refractivity contribution in [1.29, 1.82) is 0 Å². The Bertz CT molecular complexity index is 219. The van der Waals surface area contributed by atoms with Gasteiger partial charge in [0.2, 0.25) is 0 Å². The largest absolute Gasteiger partial charge is 0.444 e. The molecule has 3 atom stereocenters. The van der Waals surface area contributed by atoms with Crippen molar-refractivity contribution in [3.8, 4) is 0 Å². The summed E-state index contributed by atoms with van der Waals surface area (Å²) in [6, 6.07) is -0.458. The van der Waals surface area contributed by atoms with Crippen LogP contribution >= 0.6 is 12.6 Å².